The van der Waals surface area contributed by atoms with Gasteiger partial charge in [-0.2, -0.15) is 5.10 Å². The highest BCUT2D eigenvalue weighted by Crippen LogP contribution is 2.31. The number of ether oxygens (including phenoxy) is 2. The Hall–Kier alpha value is -2.47. The minimum Gasteiger partial charge on any atom is -0.490 e. The van der Waals surface area contributed by atoms with Crippen molar-refractivity contribution < 1.29 is 13.9 Å². The highest BCUT2D eigenvalue weighted by Gasteiger charge is 2.17. The summed E-state index contributed by atoms with van der Waals surface area (Å²) in [6.07, 6.45) is 0. The zero-order valence-electron chi connectivity index (χ0n) is 15.4. The summed E-state index contributed by atoms with van der Waals surface area (Å²) in [6, 6.07) is 8.05. The fourth-order valence-corrected chi connectivity index (χ4v) is 3.03. The van der Waals surface area contributed by atoms with Crippen molar-refractivity contribution in [3.8, 4) is 11.6 Å². The topological polar surface area (TPSA) is 61.5 Å². The van der Waals surface area contributed by atoms with E-state index < -0.39 is 0 Å². The lowest BCUT2D eigenvalue weighted by Crippen LogP contribution is -2.18. The van der Waals surface area contributed by atoms with Crippen LogP contribution in [-0.4, -0.2) is 23.5 Å². The molecule has 25 heavy (non-hydrogen) atoms. The number of furan rings is 1. The van der Waals surface area contributed by atoms with Crippen LogP contribution < -0.4 is 14.8 Å². The Bertz CT molecular complexity index is 866. The highest BCUT2D eigenvalue weighted by molar-refractivity contribution is 5.83. The number of hydrogen-bond acceptors (Lipinski definition) is 5. The summed E-state index contributed by atoms with van der Waals surface area (Å²) in [5.74, 6) is 2.44. The predicted octanol–water partition coefficient (Wildman–Crippen LogP) is 3.73. The lowest BCUT2D eigenvalue weighted by molar-refractivity contribution is 0.336. The van der Waals surface area contributed by atoms with Crippen LogP contribution in [0, 0.1) is 6.92 Å². The third-order valence-corrected chi connectivity index (χ3v) is 4.32. The van der Waals surface area contributed by atoms with Gasteiger partial charge >= 0.3 is 0 Å². The first-order chi connectivity index (χ1) is 12.0. The Morgan fingerprint density at radius 2 is 2.16 bits per heavy atom. The third kappa shape index (κ3) is 3.35. The van der Waals surface area contributed by atoms with Gasteiger partial charge in [-0.3, -0.25) is 0 Å². The van der Waals surface area contributed by atoms with E-state index in [0.717, 1.165) is 39.6 Å². The molecular weight excluding hydrogens is 318 g/mol. The normalized spacial score (nSPS) is 12.5. The van der Waals surface area contributed by atoms with Gasteiger partial charge in [0, 0.05) is 19.0 Å². The van der Waals surface area contributed by atoms with Crippen LogP contribution in [0.15, 0.2) is 28.7 Å². The molecule has 0 saturated carbocycles. The molecule has 1 atom stereocenters. The van der Waals surface area contributed by atoms with Crippen molar-refractivity contribution >= 4 is 11.0 Å². The molecule has 0 aliphatic heterocycles. The van der Waals surface area contributed by atoms with Crippen molar-refractivity contribution in [2.24, 2.45) is 7.05 Å². The van der Waals surface area contributed by atoms with Gasteiger partial charge in [0.2, 0.25) is 5.88 Å². The first-order valence-electron chi connectivity index (χ1n) is 8.50. The Morgan fingerprint density at radius 1 is 1.36 bits per heavy atom. The van der Waals surface area contributed by atoms with Gasteiger partial charge in [-0.15, -0.1) is 0 Å². The summed E-state index contributed by atoms with van der Waals surface area (Å²) in [7, 11) is 3.55. The average Bonchev–Trinajstić information content (AvgIpc) is 3.14. The number of nitrogens with zero attached hydrogens (tertiary/aromatic N) is 2. The maximum atomic E-state index is 6.05. The monoisotopic (exact) mass is 343 g/mol. The zero-order chi connectivity index (χ0) is 18.0. The van der Waals surface area contributed by atoms with Crippen LogP contribution in [0.3, 0.4) is 0 Å². The molecule has 0 bridgehead atoms. The summed E-state index contributed by atoms with van der Waals surface area (Å²) >= 11 is 0. The van der Waals surface area contributed by atoms with E-state index in [0.29, 0.717) is 13.2 Å². The van der Waals surface area contributed by atoms with E-state index in [1.807, 2.05) is 39.1 Å². The van der Waals surface area contributed by atoms with Gasteiger partial charge in [0.1, 0.15) is 5.76 Å². The summed E-state index contributed by atoms with van der Waals surface area (Å²) in [4.78, 5) is 0. The molecule has 0 amide bonds. The molecular formula is C19H25N3O3. The fourth-order valence-electron chi connectivity index (χ4n) is 3.03. The van der Waals surface area contributed by atoms with Gasteiger partial charge in [0.25, 0.3) is 0 Å². The number of benzene rings is 1. The number of para-hydroxylation sites is 1. The zero-order valence-corrected chi connectivity index (χ0v) is 15.4. The van der Waals surface area contributed by atoms with Crippen LogP contribution in [0.2, 0.25) is 0 Å². The first kappa shape index (κ1) is 17.4. The molecule has 1 unspecified atom stereocenters. The van der Waals surface area contributed by atoms with E-state index in [-0.39, 0.29) is 6.04 Å². The van der Waals surface area contributed by atoms with Crippen molar-refractivity contribution in [3.05, 3.63) is 41.3 Å². The number of nitrogens with one attached hydrogen (secondary N) is 1. The second kappa shape index (κ2) is 7.19. The Balaban J connectivity index is 1.79. The molecule has 2 heterocycles. The Kier molecular flexibility index (Phi) is 4.99. The number of aromatic nitrogens is 2. The summed E-state index contributed by atoms with van der Waals surface area (Å²) in [5.41, 5.74) is 2.81. The van der Waals surface area contributed by atoms with Gasteiger partial charge in [0.05, 0.1) is 31.0 Å². The minimum absolute atomic E-state index is 0.0474. The highest BCUT2D eigenvalue weighted by atomic mass is 16.5. The third-order valence-electron chi connectivity index (χ3n) is 4.32. The molecule has 0 aliphatic rings. The quantitative estimate of drug-likeness (QED) is 0.708. The lowest BCUT2D eigenvalue weighted by atomic mass is 10.2. The second-order valence-corrected chi connectivity index (χ2v) is 6.06. The molecule has 3 aromatic rings. The van der Waals surface area contributed by atoms with Crippen molar-refractivity contribution in [2.75, 3.05) is 13.7 Å². The van der Waals surface area contributed by atoms with Gasteiger partial charge in [0.15, 0.2) is 11.3 Å². The molecule has 134 valence electrons. The smallest absolute Gasteiger partial charge is 0.216 e. The van der Waals surface area contributed by atoms with E-state index in [9.17, 15) is 0 Å². The van der Waals surface area contributed by atoms with E-state index in [2.05, 4.69) is 23.4 Å². The van der Waals surface area contributed by atoms with E-state index in [1.54, 1.807) is 11.8 Å². The van der Waals surface area contributed by atoms with Crippen molar-refractivity contribution in [2.45, 2.75) is 33.4 Å². The number of aryl methyl sites for hydroxylation is 2. The molecule has 3 rings (SSSR count). The molecule has 1 aromatic carbocycles. The molecule has 0 fully saturated rings. The summed E-state index contributed by atoms with van der Waals surface area (Å²) < 4.78 is 18.9. The van der Waals surface area contributed by atoms with Crippen LogP contribution in [-0.2, 0) is 13.6 Å². The first-order valence-corrected chi connectivity index (χ1v) is 8.50. The molecule has 0 aliphatic carbocycles. The van der Waals surface area contributed by atoms with Gasteiger partial charge in [-0.1, -0.05) is 12.1 Å². The minimum atomic E-state index is 0.0474. The second-order valence-electron chi connectivity index (χ2n) is 6.06. The Morgan fingerprint density at radius 3 is 2.88 bits per heavy atom. The fraction of sp³-hybridized carbons (Fsp3) is 0.421. The average molecular weight is 343 g/mol. The van der Waals surface area contributed by atoms with Crippen molar-refractivity contribution in [3.63, 3.8) is 0 Å². The lowest BCUT2D eigenvalue weighted by Gasteiger charge is -2.12. The molecule has 2 aromatic heterocycles. The maximum Gasteiger partial charge on any atom is 0.216 e. The van der Waals surface area contributed by atoms with Crippen LogP contribution in [0.5, 0.6) is 11.6 Å². The van der Waals surface area contributed by atoms with Gasteiger partial charge < -0.3 is 19.2 Å². The number of fused-ring (bicyclic) bond motifs is 1. The van der Waals surface area contributed by atoms with Gasteiger partial charge in [-0.05, 0) is 32.9 Å². The summed E-state index contributed by atoms with van der Waals surface area (Å²) in [5, 5.41) is 8.95. The van der Waals surface area contributed by atoms with E-state index >= 15 is 0 Å². The summed E-state index contributed by atoms with van der Waals surface area (Å²) in [6.45, 7) is 7.30. The van der Waals surface area contributed by atoms with Crippen molar-refractivity contribution in [1.82, 2.24) is 15.1 Å². The van der Waals surface area contributed by atoms with Crippen LogP contribution in [0.4, 0.5) is 0 Å². The van der Waals surface area contributed by atoms with Gasteiger partial charge in [-0.25, -0.2) is 4.68 Å². The van der Waals surface area contributed by atoms with E-state index in [4.69, 9.17) is 13.9 Å². The molecule has 6 heteroatoms. The van der Waals surface area contributed by atoms with Crippen LogP contribution >= 0.6 is 0 Å². The molecule has 0 spiro atoms. The SMILES string of the molecule is CCOc1cccc2cc(C(C)NCc3c(C)nn(C)c3OC)oc12. The maximum absolute atomic E-state index is 6.05. The molecule has 0 saturated heterocycles. The van der Waals surface area contributed by atoms with Crippen LogP contribution in [0.1, 0.15) is 36.9 Å². The predicted molar refractivity (Wildman–Crippen MR) is 97.1 cm³/mol. The van der Waals surface area contributed by atoms with E-state index in [1.165, 1.54) is 0 Å². The largest absolute Gasteiger partial charge is 0.490 e. The molecule has 1 N–H and O–H groups in total. The standard InChI is InChI=1S/C19H25N3O3/c1-6-24-16-9-7-8-14-10-17(25-18(14)16)13(3)20-11-15-12(2)21-22(4)19(15)23-5/h7-10,13,20H,6,11H2,1-5H3. The van der Waals surface area contributed by atoms with Crippen LogP contribution in [0.25, 0.3) is 11.0 Å². The van der Waals surface area contributed by atoms with Crippen molar-refractivity contribution in [1.29, 1.82) is 0 Å². The number of rotatable bonds is 7. The molecule has 0 radical (unpaired) electrons. The molecule has 6 nitrogen and oxygen atoms in total. The number of hydrogen-bond donors (Lipinski definition) is 1. The number of methoxy groups -OCH3 is 1. The Labute approximate surface area is 147 Å².